The summed E-state index contributed by atoms with van der Waals surface area (Å²) in [5.74, 6) is -0.289. The van der Waals surface area contributed by atoms with Crippen molar-refractivity contribution in [3.05, 3.63) is 95.9 Å². The zero-order valence-corrected chi connectivity index (χ0v) is 16.2. The number of carbonyl (C=O) groups is 2. The second-order valence-corrected chi connectivity index (χ2v) is 6.51. The molecular weight excluding hydrogens is 382 g/mol. The van der Waals surface area contributed by atoms with E-state index in [1.807, 2.05) is 35.0 Å². The Morgan fingerprint density at radius 2 is 1.77 bits per heavy atom. The number of methoxy groups -OCH3 is 1. The number of pyridine rings is 1. The monoisotopic (exact) mass is 401 g/mol. The number of fused-ring (bicyclic) bond motifs is 1. The minimum absolute atomic E-state index is 0.236. The lowest BCUT2D eigenvalue weighted by atomic mass is 10.1. The molecule has 1 amide bonds. The second-order valence-electron chi connectivity index (χ2n) is 6.51. The summed E-state index contributed by atoms with van der Waals surface area (Å²) in [5, 5.41) is 2.81. The van der Waals surface area contributed by atoms with Gasteiger partial charge in [-0.1, -0.05) is 18.2 Å². The summed E-state index contributed by atoms with van der Waals surface area (Å²) in [5.41, 5.74) is 2.96. The molecule has 0 saturated carbocycles. The van der Waals surface area contributed by atoms with Crippen LogP contribution in [0.25, 0.3) is 5.65 Å². The van der Waals surface area contributed by atoms with Crippen LogP contribution in [-0.4, -0.2) is 28.4 Å². The average molecular weight is 401 g/mol. The van der Waals surface area contributed by atoms with Crippen LogP contribution in [0.2, 0.25) is 0 Å². The van der Waals surface area contributed by atoms with E-state index in [1.54, 1.807) is 48.5 Å². The van der Waals surface area contributed by atoms with E-state index in [-0.39, 0.29) is 12.5 Å². The number of amides is 1. The van der Waals surface area contributed by atoms with Crippen LogP contribution in [0.5, 0.6) is 5.75 Å². The molecule has 0 unspecified atom stereocenters. The highest BCUT2D eigenvalue weighted by Gasteiger charge is 2.14. The molecule has 150 valence electrons. The maximum atomic E-state index is 12.8. The Bertz CT molecular complexity index is 1170. The van der Waals surface area contributed by atoms with Crippen LogP contribution >= 0.6 is 0 Å². The fourth-order valence-electron chi connectivity index (χ4n) is 2.99. The van der Waals surface area contributed by atoms with Crippen molar-refractivity contribution in [2.45, 2.75) is 6.61 Å². The van der Waals surface area contributed by atoms with Gasteiger partial charge in [0.25, 0.3) is 5.91 Å². The molecule has 1 N–H and O–H groups in total. The number of carbonyl (C=O) groups excluding carboxylic acids is 2. The van der Waals surface area contributed by atoms with Gasteiger partial charge in [0.2, 0.25) is 0 Å². The molecule has 0 fully saturated rings. The summed E-state index contributed by atoms with van der Waals surface area (Å²) in [6.45, 7) is 0.236. The zero-order valence-electron chi connectivity index (χ0n) is 16.2. The Hall–Kier alpha value is -4.13. The highest BCUT2D eigenvalue weighted by atomic mass is 16.5. The lowest BCUT2D eigenvalue weighted by molar-refractivity contribution is 0.0600. The maximum Gasteiger partial charge on any atom is 0.337 e. The van der Waals surface area contributed by atoms with Crippen LogP contribution in [0.3, 0.4) is 0 Å². The molecule has 2 aromatic heterocycles. The van der Waals surface area contributed by atoms with E-state index in [0.29, 0.717) is 22.6 Å². The molecule has 0 atom stereocenters. The van der Waals surface area contributed by atoms with Crippen LogP contribution in [0.15, 0.2) is 79.1 Å². The van der Waals surface area contributed by atoms with Crippen LogP contribution in [0.1, 0.15) is 26.4 Å². The molecule has 0 spiro atoms. The van der Waals surface area contributed by atoms with Crippen molar-refractivity contribution in [3.8, 4) is 5.75 Å². The molecule has 4 rings (SSSR count). The molecule has 0 saturated heterocycles. The number of imidazole rings is 1. The van der Waals surface area contributed by atoms with E-state index in [0.717, 1.165) is 11.3 Å². The summed E-state index contributed by atoms with van der Waals surface area (Å²) in [6.07, 6.45) is 3.81. The number of esters is 1. The molecule has 2 heterocycles. The topological polar surface area (TPSA) is 81.9 Å². The van der Waals surface area contributed by atoms with E-state index in [9.17, 15) is 9.59 Å². The third-order valence-electron chi connectivity index (χ3n) is 4.48. The van der Waals surface area contributed by atoms with Crippen molar-refractivity contribution in [2.24, 2.45) is 0 Å². The van der Waals surface area contributed by atoms with Crippen LogP contribution in [0, 0.1) is 0 Å². The van der Waals surface area contributed by atoms with Crippen molar-refractivity contribution in [2.75, 3.05) is 12.4 Å². The molecule has 2 aromatic carbocycles. The van der Waals surface area contributed by atoms with Crippen molar-refractivity contribution in [3.63, 3.8) is 0 Å². The first-order valence-electron chi connectivity index (χ1n) is 9.28. The Labute approximate surface area is 172 Å². The molecule has 4 aromatic rings. The van der Waals surface area contributed by atoms with Gasteiger partial charge in [-0.25, -0.2) is 9.78 Å². The Kier molecular flexibility index (Phi) is 5.43. The van der Waals surface area contributed by atoms with Gasteiger partial charge in [0, 0.05) is 18.1 Å². The van der Waals surface area contributed by atoms with Gasteiger partial charge in [0.15, 0.2) is 0 Å². The van der Waals surface area contributed by atoms with Crippen molar-refractivity contribution in [1.82, 2.24) is 9.38 Å². The number of hydrogen-bond donors (Lipinski definition) is 1. The van der Waals surface area contributed by atoms with E-state index in [2.05, 4.69) is 15.0 Å². The number of anilines is 1. The van der Waals surface area contributed by atoms with E-state index in [4.69, 9.17) is 4.74 Å². The second kappa shape index (κ2) is 8.48. The average Bonchev–Trinajstić information content (AvgIpc) is 3.21. The quantitative estimate of drug-likeness (QED) is 0.495. The predicted molar refractivity (Wildman–Crippen MR) is 112 cm³/mol. The van der Waals surface area contributed by atoms with Gasteiger partial charge in [-0.3, -0.25) is 4.79 Å². The number of aromatic nitrogens is 2. The third kappa shape index (κ3) is 4.15. The van der Waals surface area contributed by atoms with E-state index in [1.165, 1.54) is 7.11 Å². The van der Waals surface area contributed by atoms with Crippen molar-refractivity contribution < 1.29 is 19.1 Å². The molecule has 0 aliphatic heterocycles. The molecule has 0 bridgehead atoms. The Morgan fingerprint density at radius 3 is 2.53 bits per heavy atom. The molecule has 0 radical (unpaired) electrons. The smallest absolute Gasteiger partial charge is 0.337 e. The molecule has 0 aliphatic rings. The van der Waals surface area contributed by atoms with Crippen molar-refractivity contribution >= 4 is 23.2 Å². The van der Waals surface area contributed by atoms with E-state index >= 15 is 0 Å². The van der Waals surface area contributed by atoms with Crippen LogP contribution in [-0.2, 0) is 11.3 Å². The molecule has 30 heavy (non-hydrogen) atoms. The van der Waals surface area contributed by atoms with Gasteiger partial charge >= 0.3 is 5.97 Å². The van der Waals surface area contributed by atoms with Gasteiger partial charge < -0.3 is 19.2 Å². The lowest BCUT2D eigenvalue weighted by Crippen LogP contribution is -2.14. The molecule has 0 aliphatic carbocycles. The van der Waals surface area contributed by atoms with Gasteiger partial charge in [-0.2, -0.15) is 0 Å². The summed E-state index contributed by atoms with van der Waals surface area (Å²) in [7, 11) is 1.32. The number of benzene rings is 2. The molecular formula is C23H19N3O4. The van der Waals surface area contributed by atoms with E-state index < -0.39 is 5.97 Å². The number of rotatable bonds is 6. The normalized spacial score (nSPS) is 10.6. The fourth-order valence-corrected chi connectivity index (χ4v) is 2.99. The van der Waals surface area contributed by atoms with Crippen molar-refractivity contribution in [1.29, 1.82) is 0 Å². The fraction of sp³-hybridized carbons (Fsp3) is 0.0870. The van der Waals surface area contributed by atoms with Gasteiger partial charge in [-0.05, 0) is 48.5 Å². The summed E-state index contributed by atoms with van der Waals surface area (Å²) in [4.78, 5) is 28.8. The molecule has 7 nitrogen and oxygen atoms in total. The molecule has 7 heteroatoms. The summed E-state index contributed by atoms with van der Waals surface area (Å²) in [6, 6.07) is 19.2. The number of para-hydroxylation sites is 1. The third-order valence-corrected chi connectivity index (χ3v) is 4.48. The van der Waals surface area contributed by atoms with Crippen LogP contribution in [0.4, 0.5) is 5.69 Å². The minimum atomic E-state index is -0.432. The standard InChI is InChI=1S/C23H19N3O4/c1-29-23(28)16-9-11-17(12-10-16)25-22(27)19-6-2-3-7-20(19)30-15-18-14-26-13-5-4-8-21(26)24-18/h2-14H,15H2,1H3,(H,25,27). The summed E-state index contributed by atoms with van der Waals surface area (Å²) >= 11 is 0. The van der Waals surface area contributed by atoms with Gasteiger partial charge in [0.1, 0.15) is 18.0 Å². The number of nitrogens with zero attached hydrogens (tertiary/aromatic N) is 2. The Morgan fingerprint density at radius 1 is 1.00 bits per heavy atom. The first-order valence-corrected chi connectivity index (χ1v) is 9.28. The maximum absolute atomic E-state index is 12.8. The first kappa shape index (κ1) is 19.2. The zero-order chi connectivity index (χ0) is 20.9. The lowest BCUT2D eigenvalue weighted by Gasteiger charge is -2.11. The number of hydrogen-bond acceptors (Lipinski definition) is 5. The first-order chi connectivity index (χ1) is 14.6. The SMILES string of the molecule is COC(=O)c1ccc(NC(=O)c2ccccc2OCc2cn3ccccc3n2)cc1. The number of ether oxygens (including phenoxy) is 2. The predicted octanol–water partition coefficient (Wildman–Crippen LogP) is 3.95. The van der Waals surface area contributed by atoms with Crippen LogP contribution < -0.4 is 10.1 Å². The summed E-state index contributed by atoms with van der Waals surface area (Å²) < 4.78 is 12.5. The van der Waals surface area contributed by atoms with Gasteiger partial charge in [-0.15, -0.1) is 0 Å². The highest BCUT2D eigenvalue weighted by molar-refractivity contribution is 6.06. The highest BCUT2D eigenvalue weighted by Crippen LogP contribution is 2.21. The Balaban J connectivity index is 1.46. The van der Waals surface area contributed by atoms with Gasteiger partial charge in [0.05, 0.1) is 23.9 Å². The number of nitrogens with one attached hydrogen (secondary N) is 1. The minimum Gasteiger partial charge on any atom is -0.486 e. The largest absolute Gasteiger partial charge is 0.486 e.